The minimum Gasteiger partial charge on any atom is -0.393 e. The zero-order valence-corrected chi connectivity index (χ0v) is 8.83. The molecule has 0 rings (SSSR count). The molecule has 0 aliphatic heterocycles. The molecule has 0 spiro atoms. The van der Waals surface area contributed by atoms with Gasteiger partial charge in [0.1, 0.15) is 6.29 Å². The molecule has 0 aromatic carbocycles. The van der Waals surface area contributed by atoms with Gasteiger partial charge in [-0.1, -0.05) is 0 Å². The van der Waals surface area contributed by atoms with Gasteiger partial charge in [0.05, 0.1) is 13.2 Å². The molecule has 0 aromatic heterocycles. The van der Waals surface area contributed by atoms with Gasteiger partial charge in [-0.3, -0.25) is 0 Å². The first-order valence-corrected chi connectivity index (χ1v) is 4.75. The lowest BCUT2D eigenvalue weighted by atomic mass is 10.7. The van der Waals surface area contributed by atoms with Gasteiger partial charge in [0.15, 0.2) is 0 Å². The lowest BCUT2D eigenvalue weighted by molar-refractivity contribution is -0.0867. The number of hydrogen-bond donors (Lipinski definition) is 0. The van der Waals surface area contributed by atoms with E-state index in [2.05, 4.69) is 0 Å². The number of methoxy groups -OCH3 is 1. The summed E-state index contributed by atoms with van der Waals surface area (Å²) in [6.07, 6.45) is -0.218. The molecule has 0 amide bonds. The van der Waals surface area contributed by atoms with Crippen molar-refractivity contribution in [3.05, 3.63) is 0 Å². The molecule has 0 saturated carbocycles. The van der Waals surface area contributed by atoms with Crippen LogP contribution in [0.4, 0.5) is 0 Å². The molecule has 0 heterocycles. The molecule has 0 N–H and O–H groups in total. The quantitative estimate of drug-likeness (QED) is 0.320. The van der Waals surface area contributed by atoms with Gasteiger partial charge in [0, 0.05) is 13.7 Å². The van der Waals surface area contributed by atoms with Crippen LogP contribution in [-0.4, -0.2) is 43.2 Å². The van der Waals surface area contributed by atoms with E-state index in [0.717, 1.165) is 0 Å². The van der Waals surface area contributed by atoms with Crippen molar-refractivity contribution in [3.63, 3.8) is 0 Å². The van der Waals surface area contributed by atoms with Crippen molar-refractivity contribution >= 4 is 10.0 Å². The van der Waals surface area contributed by atoms with Crippen LogP contribution >= 0.6 is 0 Å². The maximum Gasteiger partial charge on any atom is 0.435 e. The summed E-state index contributed by atoms with van der Waals surface area (Å²) in [6.45, 7) is 5.57. The van der Waals surface area contributed by atoms with Crippen molar-refractivity contribution in [2.75, 3.05) is 26.9 Å². The van der Waals surface area contributed by atoms with E-state index in [0.29, 0.717) is 19.8 Å². The Morgan fingerprint density at radius 2 is 2.08 bits per heavy atom. The maximum absolute atomic E-state index is 5.21. The van der Waals surface area contributed by atoms with E-state index in [9.17, 15) is 0 Å². The summed E-state index contributed by atoms with van der Waals surface area (Å²) < 4.78 is 20.2. The van der Waals surface area contributed by atoms with Crippen molar-refractivity contribution < 1.29 is 18.3 Å². The van der Waals surface area contributed by atoms with Gasteiger partial charge >= 0.3 is 10.0 Å². The van der Waals surface area contributed by atoms with E-state index in [1.165, 1.54) is 0 Å². The number of rotatable bonds is 8. The van der Waals surface area contributed by atoms with E-state index < -0.39 is 0 Å². The summed E-state index contributed by atoms with van der Waals surface area (Å²) in [4.78, 5) is 0. The van der Waals surface area contributed by atoms with Gasteiger partial charge in [0.25, 0.3) is 0 Å². The Morgan fingerprint density at radius 3 is 2.67 bits per heavy atom. The number of ether oxygens (including phenoxy) is 2. The van der Waals surface area contributed by atoms with Crippen molar-refractivity contribution in [1.82, 2.24) is 0 Å². The first-order chi connectivity index (χ1) is 5.81. The topological polar surface area (TPSA) is 36.9 Å². The normalized spacial score (nSPS) is 13.2. The smallest absolute Gasteiger partial charge is 0.393 e. The van der Waals surface area contributed by atoms with Gasteiger partial charge in [-0.15, -0.1) is 0 Å². The van der Waals surface area contributed by atoms with E-state index in [4.69, 9.17) is 18.3 Å². The fourth-order valence-corrected chi connectivity index (χ4v) is 0.882. The molecule has 1 unspecified atom stereocenters. The molecule has 12 heavy (non-hydrogen) atoms. The van der Waals surface area contributed by atoms with E-state index in [1.54, 1.807) is 7.11 Å². The van der Waals surface area contributed by atoms with Crippen molar-refractivity contribution in [1.29, 1.82) is 0 Å². The Kier molecular flexibility index (Phi) is 9.19. The Hall–Kier alpha value is 0.0569. The highest BCUT2D eigenvalue weighted by Crippen LogP contribution is 1.91. The third-order valence-corrected chi connectivity index (χ3v) is 1.89. The van der Waals surface area contributed by atoms with Crippen LogP contribution in [0.1, 0.15) is 13.8 Å². The molecule has 5 heteroatoms. The zero-order valence-electron chi connectivity index (χ0n) is 7.83. The molecule has 2 radical (unpaired) electrons. The molecule has 0 aliphatic rings. The van der Waals surface area contributed by atoms with Crippen LogP contribution in [0.25, 0.3) is 0 Å². The number of hydrogen-bond acceptors (Lipinski definition) is 4. The predicted octanol–water partition coefficient (Wildman–Crippen LogP) is 0.583. The van der Waals surface area contributed by atoms with Gasteiger partial charge < -0.3 is 18.3 Å². The molecule has 0 bridgehead atoms. The second kappa shape index (κ2) is 9.15. The summed E-state index contributed by atoms with van der Waals surface area (Å²) in [5, 5.41) is 0. The first kappa shape index (κ1) is 12.1. The largest absolute Gasteiger partial charge is 0.435 e. The van der Waals surface area contributed by atoms with Crippen LogP contribution in [0.2, 0.25) is 0 Å². The van der Waals surface area contributed by atoms with E-state index in [1.807, 2.05) is 13.8 Å². The Bertz CT molecular complexity index is 81.5. The third-order valence-electron chi connectivity index (χ3n) is 1.06. The maximum atomic E-state index is 5.21. The van der Waals surface area contributed by atoms with Gasteiger partial charge in [-0.25, -0.2) is 0 Å². The minimum atomic E-state index is -0.218. The van der Waals surface area contributed by atoms with Gasteiger partial charge in [-0.05, 0) is 13.8 Å². The second-order valence-corrected chi connectivity index (χ2v) is 2.76. The molecule has 72 valence electrons. The van der Waals surface area contributed by atoms with Crippen LogP contribution in [0.15, 0.2) is 0 Å². The molecular formula is C7H16O4Si. The molecule has 4 nitrogen and oxygen atoms in total. The van der Waals surface area contributed by atoms with Crippen molar-refractivity contribution in [3.8, 4) is 0 Å². The predicted molar refractivity (Wildman–Crippen MR) is 45.8 cm³/mol. The average molecular weight is 192 g/mol. The molecule has 1 atom stereocenters. The van der Waals surface area contributed by atoms with E-state index in [-0.39, 0.29) is 16.3 Å². The van der Waals surface area contributed by atoms with Crippen LogP contribution in [0.5, 0.6) is 0 Å². The Morgan fingerprint density at radius 1 is 1.33 bits per heavy atom. The van der Waals surface area contributed by atoms with Crippen LogP contribution in [0, 0.1) is 0 Å². The molecular weight excluding hydrogens is 176 g/mol. The lowest BCUT2D eigenvalue weighted by Gasteiger charge is -2.12. The second-order valence-electron chi connectivity index (χ2n) is 2.07. The summed E-state index contributed by atoms with van der Waals surface area (Å²) in [5.41, 5.74) is 0. The minimum absolute atomic E-state index is 0.0587. The Labute approximate surface area is 76.2 Å². The summed E-state index contributed by atoms with van der Waals surface area (Å²) in [6, 6.07) is 0. The zero-order chi connectivity index (χ0) is 9.23. The molecule has 0 fully saturated rings. The highest BCUT2D eigenvalue weighted by Gasteiger charge is 2.02. The first-order valence-electron chi connectivity index (χ1n) is 3.94. The van der Waals surface area contributed by atoms with Crippen LogP contribution < -0.4 is 0 Å². The SMILES string of the molecule is CCO[Si]OC(C)OCCOC. The lowest BCUT2D eigenvalue weighted by Crippen LogP contribution is -2.19. The van der Waals surface area contributed by atoms with Gasteiger partial charge in [0.2, 0.25) is 0 Å². The van der Waals surface area contributed by atoms with Crippen molar-refractivity contribution in [2.24, 2.45) is 0 Å². The fourth-order valence-electron chi connectivity index (χ4n) is 0.492. The van der Waals surface area contributed by atoms with Crippen LogP contribution in [-0.2, 0) is 18.3 Å². The molecule has 0 aromatic rings. The standard InChI is InChI=1S/C7H16O4Si/c1-4-10-12-11-7(2)9-6-5-8-3/h7H,4-6H2,1-3H3. The monoisotopic (exact) mass is 192 g/mol. The summed E-state index contributed by atoms with van der Waals surface area (Å²) in [7, 11) is 1.69. The molecule has 0 aliphatic carbocycles. The Balaban J connectivity index is 3.04. The van der Waals surface area contributed by atoms with Crippen molar-refractivity contribution in [2.45, 2.75) is 20.1 Å². The summed E-state index contributed by atoms with van der Waals surface area (Å²) in [5.74, 6) is 0. The average Bonchev–Trinajstić information content (AvgIpc) is 2.06. The fraction of sp³-hybridized carbons (Fsp3) is 1.00. The highest BCUT2D eigenvalue weighted by molar-refractivity contribution is 6.17. The molecule has 0 saturated heterocycles. The van der Waals surface area contributed by atoms with Gasteiger partial charge in [-0.2, -0.15) is 0 Å². The third kappa shape index (κ3) is 8.16. The van der Waals surface area contributed by atoms with E-state index >= 15 is 0 Å². The highest BCUT2D eigenvalue weighted by atomic mass is 28.3. The summed E-state index contributed by atoms with van der Waals surface area (Å²) >= 11 is 0. The van der Waals surface area contributed by atoms with Crippen LogP contribution in [0.3, 0.4) is 0 Å².